The summed E-state index contributed by atoms with van der Waals surface area (Å²) >= 11 is 0. The molecule has 0 unspecified atom stereocenters. The van der Waals surface area contributed by atoms with Crippen molar-refractivity contribution in [1.29, 1.82) is 0 Å². The number of ether oxygens (including phenoxy) is 2. The highest BCUT2D eigenvalue weighted by Crippen LogP contribution is 2.24. The summed E-state index contributed by atoms with van der Waals surface area (Å²) in [6, 6.07) is 0. The Bertz CT molecular complexity index is 525. The van der Waals surface area contributed by atoms with Crippen molar-refractivity contribution in [1.82, 2.24) is 0 Å². The number of carbonyl (C=O) groups is 2. The number of unbranched alkanes of at least 4 members (excludes halogenated alkanes) is 1. The molecule has 0 aliphatic rings. The lowest BCUT2D eigenvalue weighted by Gasteiger charge is -2.00. The summed E-state index contributed by atoms with van der Waals surface area (Å²) in [4.78, 5) is 22.1. The molecule has 0 amide bonds. The van der Waals surface area contributed by atoms with Crippen molar-refractivity contribution in [3.05, 3.63) is 28.7 Å². The normalized spacial score (nSPS) is 10.9. The smallest absolute Gasteiger partial charge is 0.330 e. The zero-order valence-electron chi connectivity index (χ0n) is 13.0. The molecule has 116 valence electrons. The maximum absolute atomic E-state index is 11.1. The number of rotatable bonds is 7. The summed E-state index contributed by atoms with van der Waals surface area (Å²) in [5.74, 6) is 0.954. The number of hydrogen-bond acceptors (Lipinski definition) is 5. The molecule has 0 aliphatic heterocycles. The van der Waals surface area contributed by atoms with Crippen molar-refractivity contribution in [2.75, 3.05) is 14.2 Å². The molecule has 0 spiro atoms. The Morgan fingerprint density at radius 1 is 1.10 bits per heavy atom. The van der Waals surface area contributed by atoms with Crippen LogP contribution in [0.1, 0.15) is 41.9 Å². The second kappa shape index (κ2) is 8.29. The van der Waals surface area contributed by atoms with Crippen molar-refractivity contribution in [3.63, 3.8) is 0 Å². The van der Waals surface area contributed by atoms with E-state index < -0.39 is 5.97 Å². The van der Waals surface area contributed by atoms with E-state index in [4.69, 9.17) is 4.42 Å². The molecule has 21 heavy (non-hydrogen) atoms. The lowest BCUT2D eigenvalue weighted by Crippen LogP contribution is -1.99. The third-order valence-corrected chi connectivity index (χ3v) is 3.42. The van der Waals surface area contributed by atoms with Gasteiger partial charge in [-0.15, -0.1) is 0 Å². The number of hydrogen-bond donors (Lipinski definition) is 0. The quantitative estimate of drug-likeness (QED) is 0.439. The van der Waals surface area contributed by atoms with E-state index in [0.29, 0.717) is 12.2 Å². The van der Waals surface area contributed by atoms with Crippen LogP contribution in [0.25, 0.3) is 6.08 Å². The topological polar surface area (TPSA) is 65.7 Å². The van der Waals surface area contributed by atoms with E-state index in [1.165, 1.54) is 20.3 Å². The maximum atomic E-state index is 11.1. The summed E-state index contributed by atoms with van der Waals surface area (Å²) in [7, 11) is 2.72. The van der Waals surface area contributed by atoms with E-state index in [2.05, 4.69) is 9.47 Å². The summed E-state index contributed by atoms with van der Waals surface area (Å²) < 4.78 is 14.9. The largest absolute Gasteiger partial charge is 0.469 e. The van der Waals surface area contributed by atoms with Crippen LogP contribution in [0, 0.1) is 13.8 Å². The summed E-state index contributed by atoms with van der Waals surface area (Å²) in [6.45, 7) is 3.94. The molecule has 0 fully saturated rings. The van der Waals surface area contributed by atoms with Gasteiger partial charge in [-0.1, -0.05) is 0 Å². The first-order valence-corrected chi connectivity index (χ1v) is 6.91. The Balaban J connectivity index is 2.62. The number of carbonyl (C=O) groups excluding carboxylic acids is 2. The first-order valence-electron chi connectivity index (χ1n) is 6.91. The lowest BCUT2D eigenvalue weighted by molar-refractivity contribution is -0.140. The van der Waals surface area contributed by atoms with Gasteiger partial charge in [-0.05, 0) is 43.9 Å². The fourth-order valence-corrected chi connectivity index (χ4v) is 1.95. The molecule has 0 aromatic carbocycles. The first-order chi connectivity index (χ1) is 9.99. The van der Waals surface area contributed by atoms with Crippen molar-refractivity contribution in [3.8, 4) is 0 Å². The zero-order chi connectivity index (χ0) is 15.8. The first kappa shape index (κ1) is 17.0. The molecule has 0 saturated heterocycles. The van der Waals surface area contributed by atoms with Gasteiger partial charge in [0.2, 0.25) is 0 Å². The van der Waals surface area contributed by atoms with Gasteiger partial charge >= 0.3 is 11.9 Å². The Morgan fingerprint density at radius 2 is 1.81 bits per heavy atom. The molecule has 0 N–H and O–H groups in total. The highest BCUT2D eigenvalue weighted by molar-refractivity contribution is 5.86. The molecule has 1 heterocycles. The minimum Gasteiger partial charge on any atom is -0.469 e. The van der Waals surface area contributed by atoms with E-state index in [1.54, 1.807) is 6.08 Å². The fraction of sp³-hybridized carbons (Fsp3) is 0.500. The van der Waals surface area contributed by atoms with Crippen LogP contribution in [0.15, 0.2) is 10.5 Å². The average molecular weight is 294 g/mol. The molecule has 5 nitrogen and oxygen atoms in total. The van der Waals surface area contributed by atoms with Gasteiger partial charge in [0.1, 0.15) is 11.5 Å². The van der Waals surface area contributed by atoms with Gasteiger partial charge in [-0.25, -0.2) is 4.79 Å². The van der Waals surface area contributed by atoms with Gasteiger partial charge in [-0.2, -0.15) is 0 Å². The summed E-state index contributed by atoms with van der Waals surface area (Å²) in [5, 5.41) is 0. The Morgan fingerprint density at radius 3 is 2.43 bits per heavy atom. The Labute approximate surface area is 124 Å². The summed E-state index contributed by atoms with van der Waals surface area (Å²) in [5.41, 5.74) is 2.09. The molecular formula is C16H22O5. The number of furan rings is 1. The van der Waals surface area contributed by atoms with E-state index in [0.717, 1.165) is 36.1 Å². The van der Waals surface area contributed by atoms with Gasteiger partial charge in [0, 0.05) is 18.9 Å². The molecule has 0 saturated carbocycles. The minimum atomic E-state index is -0.414. The lowest BCUT2D eigenvalue weighted by atomic mass is 10.1. The highest BCUT2D eigenvalue weighted by Gasteiger charge is 2.12. The van der Waals surface area contributed by atoms with Crippen molar-refractivity contribution < 1.29 is 23.5 Å². The predicted octanol–water partition coefficient (Wildman–Crippen LogP) is 2.97. The average Bonchev–Trinajstić information content (AvgIpc) is 2.76. The van der Waals surface area contributed by atoms with E-state index in [-0.39, 0.29) is 5.97 Å². The molecule has 0 aliphatic carbocycles. The predicted molar refractivity (Wildman–Crippen MR) is 78.8 cm³/mol. The Hall–Kier alpha value is -2.04. The molecule has 1 aromatic heterocycles. The van der Waals surface area contributed by atoms with Gasteiger partial charge < -0.3 is 13.9 Å². The molecule has 0 radical (unpaired) electrons. The minimum absolute atomic E-state index is 0.191. The van der Waals surface area contributed by atoms with Crippen LogP contribution in [0.5, 0.6) is 0 Å². The van der Waals surface area contributed by atoms with Crippen molar-refractivity contribution >= 4 is 18.0 Å². The van der Waals surface area contributed by atoms with Crippen LogP contribution in [-0.2, 0) is 25.5 Å². The zero-order valence-corrected chi connectivity index (χ0v) is 13.0. The number of esters is 2. The van der Waals surface area contributed by atoms with Crippen molar-refractivity contribution in [2.45, 2.75) is 39.5 Å². The van der Waals surface area contributed by atoms with Gasteiger partial charge in [0.05, 0.1) is 14.2 Å². The number of methoxy groups -OCH3 is 2. The van der Waals surface area contributed by atoms with Gasteiger partial charge in [-0.3, -0.25) is 4.79 Å². The van der Waals surface area contributed by atoms with Crippen LogP contribution in [-0.4, -0.2) is 26.2 Å². The number of aryl methyl sites for hydroxylation is 1. The fourth-order valence-electron chi connectivity index (χ4n) is 1.95. The highest BCUT2D eigenvalue weighted by atomic mass is 16.5. The molecule has 1 rings (SSSR count). The standard InChI is InChI=1S/C16H22O5/c1-11-12(2)14(9-10-16(18)20-4)21-13(11)7-5-6-8-15(17)19-3/h9-10H,5-8H2,1-4H3. The van der Waals surface area contributed by atoms with Crippen LogP contribution in [0.3, 0.4) is 0 Å². The monoisotopic (exact) mass is 294 g/mol. The molecular weight excluding hydrogens is 272 g/mol. The van der Waals surface area contributed by atoms with Crippen LogP contribution < -0.4 is 0 Å². The van der Waals surface area contributed by atoms with Gasteiger partial charge in [0.15, 0.2) is 0 Å². The molecule has 1 aromatic rings. The van der Waals surface area contributed by atoms with E-state index in [9.17, 15) is 9.59 Å². The second-order valence-electron chi connectivity index (χ2n) is 4.78. The molecule has 5 heteroatoms. The maximum Gasteiger partial charge on any atom is 0.330 e. The second-order valence-corrected chi connectivity index (χ2v) is 4.78. The van der Waals surface area contributed by atoms with E-state index in [1.807, 2.05) is 13.8 Å². The summed E-state index contributed by atoms with van der Waals surface area (Å²) in [6.07, 6.45) is 5.75. The SMILES string of the molecule is COC(=O)C=Cc1oc(CCCCC(=O)OC)c(C)c1C. The van der Waals surface area contributed by atoms with Crippen LogP contribution in [0.4, 0.5) is 0 Å². The van der Waals surface area contributed by atoms with E-state index >= 15 is 0 Å². The van der Waals surface area contributed by atoms with Crippen molar-refractivity contribution in [2.24, 2.45) is 0 Å². The third-order valence-electron chi connectivity index (χ3n) is 3.42. The van der Waals surface area contributed by atoms with Crippen LogP contribution >= 0.6 is 0 Å². The van der Waals surface area contributed by atoms with Crippen LogP contribution in [0.2, 0.25) is 0 Å². The van der Waals surface area contributed by atoms with Gasteiger partial charge in [0.25, 0.3) is 0 Å². The molecule has 0 bridgehead atoms. The molecule has 0 atom stereocenters. The third kappa shape index (κ3) is 5.10. The Kier molecular flexibility index (Phi) is 6.72.